The van der Waals surface area contributed by atoms with Crippen molar-refractivity contribution in [3.63, 3.8) is 0 Å². The van der Waals surface area contributed by atoms with Gasteiger partial charge in [-0.1, -0.05) is 23.7 Å². The lowest BCUT2D eigenvalue weighted by Gasteiger charge is -2.08. The third kappa shape index (κ3) is 5.43. The predicted molar refractivity (Wildman–Crippen MR) is 115 cm³/mol. The van der Waals surface area contributed by atoms with Crippen LogP contribution in [0.5, 0.6) is 0 Å². The summed E-state index contributed by atoms with van der Waals surface area (Å²) in [6.45, 7) is 1.65. The summed E-state index contributed by atoms with van der Waals surface area (Å²) >= 11 is 5.77. The number of hydrazone groups is 1. The molecule has 3 aromatic rings. The van der Waals surface area contributed by atoms with E-state index in [2.05, 4.69) is 15.2 Å². The van der Waals surface area contributed by atoms with Crippen LogP contribution < -0.4 is 10.1 Å². The Morgan fingerprint density at radius 3 is 2.07 bits per heavy atom. The first-order chi connectivity index (χ1) is 14.2. The fourth-order valence-corrected chi connectivity index (χ4v) is 3.44. The Kier molecular flexibility index (Phi) is 6.49. The topological polar surface area (TPSA) is 87.6 Å². The van der Waals surface area contributed by atoms with Crippen molar-refractivity contribution < 1.29 is 17.6 Å². The fourth-order valence-electron chi connectivity index (χ4n) is 2.46. The van der Waals surface area contributed by atoms with E-state index in [9.17, 15) is 17.6 Å². The molecule has 6 nitrogen and oxygen atoms in total. The highest BCUT2D eigenvalue weighted by molar-refractivity contribution is 7.89. The smallest absolute Gasteiger partial charge is 0.276 e. The van der Waals surface area contributed by atoms with Crippen molar-refractivity contribution in [3.8, 4) is 0 Å². The lowest BCUT2D eigenvalue weighted by atomic mass is 10.1. The number of rotatable bonds is 6. The molecular weight excluding hydrogens is 429 g/mol. The molecule has 0 spiro atoms. The van der Waals surface area contributed by atoms with Crippen LogP contribution in [0.4, 0.5) is 10.1 Å². The maximum Gasteiger partial charge on any atom is 0.276 e. The van der Waals surface area contributed by atoms with Crippen LogP contribution in [-0.4, -0.2) is 20.0 Å². The molecule has 30 heavy (non-hydrogen) atoms. The standard InChI is InChI=1S/C21H17ClFN3O3S/c1-14(25-26-30(28,29)20-12-6-17(22)7-13-20)15-4-10-19(11-5-15)24-21(27)16-2-8-18(23)9-3-16/h2-13,26H,1H3,(H,24,27)/b25-14-. The zero-order valence-electron chi connectivity index (χ0n) is 15.8. The number of anilines is 1. The Labute approximate surface area is 178 Å². The lowest BCUT2D eigenvalue weighted by molar-refractivity contribution is 0.102. The molecule has 9 heteroatoms. The van der Waals surface area contributed by atoms with E-state index in [0.29, 0.717) is 27.5 Å². The van der Waals surface area contributed by atoms with Crippen molar-refractivity contribution in [2.75, 3.05) is 5.32 Å². The summed E-state index contributed by atoms with van der Waals surface area (Å²) in [5, 5.41) is 7.07. The van der Waals surface area contributed by atoms with Gasteiger partial charge >= 0.3 is 0 Å². The lowest BCUT2D eigenvalue weighted by Crippen LogP contribution is -2.20. The van der Waals surface area contributed by atoms with Gasteiger partial charge in [0.25, 0.3) is 15.9 Å². The number of carbonyl (C=O) groups excluding carboxylic acids is 1. The van der Waals surface area contributed by atoms with Gasteiger partial charge < -0.3 is 5.32 Å². The summed E-state index contributed by atoms with van der Waals surface area (Å²) in [4.78, 5) is 14.4. The van der Waals surface area contributed by atoms with Crippen molar-refractivity contribution >= 4 is 38.9 Å². The number of sulfonamides is 1. The SMILES string of the molecule is C/C(=N/NS(=O)(=O)c1ccc(Cl)cc1)c1ccc(NC(=O)c2ccc(F)cc2)cc1. The van der Waals surface area contributed by atoms with E-state index in [-0.39, 0.29) is 10.8 Å². The molecule has 0 aliphatic carbocycles. The van der Waals surface area contributed by atoms with E-state index in [1.807, 2.05) is 0 Å². The van der Waals surface area contributed by atoms with Gasteiger partial charge in [-0.25, -0.2) is 4.39 Å². The van der Waals surface area contributed by atoms with Crippen molar-refractivity contribution in [2.45, 2.75) is 11.8 Å². The molecule has 0 atom stereocenters. The number of halogens is 2. The molecule has 0 aromatic heterocycles. The van der Waals surface area contributed by atoms with Crippen molar-refractivity contribution in [3.05, 3.63) is 94.8 Å². The Morgan fingerprint density at radius 1 is 0.900 bits per heavy atom. The average Bonchev–Trinajstić information content (AvgIpc) is 2.73. The van der Waals surface area contributed by atoms with Gasteiger partial charge in [0, 0.05) is 16.3 Å². The Balaban J connectivity index is 1.66. The minimum atomic E-state index is -3.82. The Morgan fingerprint density at radius 2 is 1.47 bits per heavy atom. The van der Waals surface area contributed by atoms with E-state index < -0.39 is 15.8 Å². The van der Waals surface area contributed by atoms with Gasteiger partial charge in [0.05, 0.1) is 10.6 Å². The van der Waals surface area contributed by atoms with Gasteiger partial charge in [0.1, 0.15) is 5.82 Å². The largest absolute Gasteiger partial charge is 0.322 e. The number of hydrogen-bond donors (Lipinski definition) is 2. The Hall–Kier alpha value is -3.23. The first kappa shape index (κ1) is 21.5. The summed E-state index contributed by atoms with van der Waals surface area (Å²) in [7, 11) is -3.82. The van der Waals surface area contributed by atoms with Crippen LogP contribution in [0, 0.1) is 5.82 Å². The van der Waals surface area contributed by atoms with E-state index in [0.717, 1.165) is 0 Å². The van der Waals surface area contributed by atoms with Gasteiger partial charge in [0.15, 0.2) is 0 Å². The maximum absolute atomic E-state index is 13.0. The first-order valence-corrected chi connectivity index (χ1v) is 10.6. The second-order valence-electron chi connectivity index (χ2n) is 6.28. The number of carbonyl (C=O) groups is 1. The van der Waals surface area contributed by atoms with Crippen molar-refractivity contribution in [2.24, 2.45) is 5.10 Å². The third-order valence-electron chi connectivity index (χ3n) is 4.12. The summed E-state index contributed by atoms with van der Waals surface area (Å²) in [6, 6.07) is 17.6. The maximum atomic E-state index is 13.0. The predicted octanol–water partition coefficient (Wildman–Crippen LogP) is 4.43. The van der Waals surface area contributed by atoms with Crippen LogP contribution >= 0.6 is 11.6 Å². The van der Waals surface area contributed by atoms with Gasteiger partial charge in [-0.3, -0.25) is 4.79 Å². The van der Waals surface area contributed by atoms with Gasteiger partial charge in [0.2, 0.25) is 0 Å². The van der Waals surface area contributed by atoms with Crippen molar-refractivity contribution in [1.82, 2.24) is 4.83 Å². The third-order valence-corrected chi connectivity index (χ3v) is 5.60. The first-order valence-electron chi connectivity index (χ1n) is 8.73. The number of nitrogens with one attached hydrogen (secondary N) is 2. The van der Waals surface area contributed by atoms with Crippen molar-refractivity contribution in [1.29, 1.82) is 0 Å². The second-order valence-corrected chi connectivity index (χ2v) is 8.38. The molecule has 3 rings (SSSR count). The highest BCUT2D eigenvalue weighted by atomic mass is 35.5. The minimum absolute atomic E-state index is 0.0438. The molecule has 0 fully saturated rings. The summed E-state index contributed by atoms with van der Waals surface area (Å²) in [5.41, 5.74) is 1.95. The van der Waals surface area contributed by atoms with Crippen LogP contribution in [0.3, 0.4) is 0 Å². The van der Waals surface area contributed by atoms with E-state index in [1.54, 1.807) is 31.2 Å². The van der Waals surface area contributed by atoms with E-state index in [4.69, 9.17) is 11.6 Å². The molecule has 0 bridgehead atoms. The number of amides is 1. The quantitative estimate of drug-likeness (QED) is 0.434. The molecule has 0 unspecified atom stereocenters. The second kappa shape index (κ2) is 9.06. The van der Waals surface area contributed by atoms with Gasteiger partial charge in [-0.2, -0.15) is 18.4 Å². The van der Waals surface area contributed by atoms with Gasteiger partial charge in [-0.15, -0.1) is 0 Å². The zero-order valence-corrected chi connectivity index (χ0v) is 17.3. The molecule has 0 saturated carbocycles. The van der Waals surface area contributed by atoms with Crippen LogP contribution in [0.25, 0.3) is 0 Å². The summed E-state index contributed by atoms with van der Waals surface area (Å²) in [5.74, 6) is -0.791. The van der Waals surface area contributed by atoms with E-state index >= 15 is 0 Å². The minimum Gasteiger partial charge on any atom is -0.322 e. The molecule has 0 aliphatic heterocycles. The highest BCUT2D eigenvalue weighted by Crippen LogP contribution is 2.15. The van der Waals surface area contributed by atoms with Gasteiger partial charge in [-0.05, 0) is 73.2 Å². The molecule has 0 aliphatic rings. The molecule has 2 N–H and O–H groups in total. The average molecular weight is 446 g/mol. The molecular formula is C21H17ClFN3O3S. The fraction of sp³-hybridized carbons (Fsp3) is 0.0476. The summed E-state index contributed by atoms with van der Waals surface area (Å²) in [6.07, 6.45) is 0. The molecule has 1 amide bonds. The molecule has 0 heterocycles. The normalized spacial score (nSPS) is 11.8. The highest BCUT2D eigenvalue weighted by Gasteiger charge is 2.13. The van der Waals surface area contributed by atoms with Crippen LogP contribution in [0.1, 0.15) is 22.8 Å². The number of nitrogens with zero attached hydrogens (tertiary/aromatic N) is 1. The monoisotopic (exact) mass is 445 g/mol. The van der Waals surface area contributed by atoms with Crippen LogP contribution in [0.15, 0.2) is 82.8 Å². The number of benzene rings is 3. The van der Waals surface area contributed by atoms with Crippen LogP contribution in [0.2, 0.25) is 5.02 Å². The molecule has 0 saturated heterocycles. The van der Waals surface area contributed by atoms with Crippen LogP contribution in [-0.2, 0) is 10.0 Å². The molecule has 3 aromatic carbocycles. The molecule has 0 radical (unpaired) electrons. The van der Waals surface area contributed by atoms with E-state index in [1.165, 1.54) is 48.5 Å². The number of hydrogen-bond acceptors (Lipinski definition) is 4. The Bertz CT molecular complexity index is 1180. The zero-order chi connectivity index (χ0) is 21.7. The summed E-state index contributed by atoms with van der Waals surface area (Å²) < 4.78 is 37.5. The molecule has 154 valence electrons.